The molecule has 8 nitrogen and oxygen atoms in total. The molecule has 0 amide bonds. The van der Waals surface area contributed by atoms with Gasteiger partial charge in [0.25, 0.3) is 6.43 Å². The molecule has 2 aliphatic heterocycles. The second-order valence-corrected chi connectivity index (χ2v) is 10.2. The minimum Gasteiger partial charge on any atom is -0.268 e. The third-order valence-corrected chi connectivity index (χ3v) is 8.33. The van der Waals surface area contributed by atoms with Gasteiger partial charge in [-0.3, -0.25) is 4.68 Å². The molecule has 31 heavy (non-hydrogen) atoms. The van der Waals surface area contributed by atoms with Crippen molar-refractivity contribution >= 4 is 15.7 Å². The van der Waals surface area contributed by atoms with Gasteiger partial charge in [0.15, 0.2) is 5.65 Å². The Morgan fingerprint density at radius 1 is 1.16 bits per heavy atom. The van der Waals surface area contributed by atoms with E-state index in [-0.39, 0.29) is 5.92 Å². The summed E-state index contributed by atoms with van der Waals surface area (Å²) in [6.45, 7) is 3.52. The molecule has 0 unspecified atom stereocenters. The largest absolute Gasteiger partial charge is 0.299 e. The van der Waals surface area contributed by atoms with Gasteiger partial charge in [-0.1, -0.05) is 0 Å². The summed E-state index contributed by atoms with van der Waals surface area (Å²) in [6.07, 6.45) is 4.59. The van der Waals surface area contributed by atoms with Crippen LogP contribution in [-0.2, 0) is 23.0 Å². The van der Waals surface area contributed by atoms with E-state index in [1.165, 1.54) is 10.7 Å². The lowest BCUT2D eigenvalue weighted by Gasteiger charge is -2.32. The molecule has 0 aliphatic carbocycles. The van der Waals surface area contributed by atoms with Crippen molar-refractivity contribution in [2.45, 2.75) is 62.8 Å². The molecule has 0 atom stereocenters. The molecule has 0 spiro atoms. The number of pyridine rings is 1. The van der Waals surface area contributed by atoms with Crippen LogP contribution in [0.3, 0.4) is 0 Å². The first-order valence-corrected chi connectivity index (χ1v) is 12.0. The van der Waals surface area contributed by atoms with E-state index in [0.29, 0.717) is 36.5 Å². The number of halogens is 2. The number of nitrogens with zero attached hydrogens (tertiary/aromatic N) is 6. The maximum absolute atomic E-state index is 13.3. The number of hydrogen-bond acceptors (Lipinski definition) is 5. The molecule has 0 N–H and O–H groups in total. The van der Waals surface area contributed by atoms with E-state index in [0.717, 1.165) is 42.6 Å². The summed E-state index contributed by atoms with van der Waals surface area (Å²) < 4.78 is 57.1. The monoisotopic (exact) mass is 450 g/mol. The minimum atomic E-state index is -3.58. The molecule has 5 rings (SSSR count). The molecule has 5 heterocycles. The van der Waals surface area contributed by atoms with Crippen molar-refractivity contribution in [2.24, 2.45) is 0 Å². The number of sulfonamides is 1. The summed E-state index contributed by atoms with van der Waals surface area (Å²) in [5.74, 6) is -0.349. The van der Waals surface area contributed by atoms with Crippen molar-refractivity contribution in [3.8, 4) is 0 Å². The van der Waals surface area contributed by atoms with Crippen LogP contribution in [0.1, 0.15) is 60.7 Å². The van der Waals surface area contributed by atoms with Crippen LogP contribution < -0.4 is 0 Å². The fourth-order valence-electron chi connectivity index (χ4n) is 4.73. The van der Waals surface area contributed by atoms with Crippen LogP contribution in [0, 0.1) is 6.92 Å². The first-order valence-electron chi connectivity index (χ1n) is 10.5. The molecule has 1 saturated heterocycles. The number of aromatic nitrogens is 5. The van der Waals surface area contributed by atoms with Crippen LogP contribution in [0.25, 0.3) is 5.65 Å². The molecule has 166 valence electrons. The van der Waals surface area contributed by atoms with E-state index in [1.807, 2.05) is 11.6 Å². The van der Waals surface area contributed by atoms with Crippen LogP contribution in [0.4, 0.5) is 8.78 Å². The molecule has 2 aliphatic rings. The zero-order valence-corrected chi connectivity index (χ0v) is 18.0. The lowest BCUT2D eigenvalue weighted by atomic mass is 9.89. The standard InChI is InChI=1S/C20H24F2N6O2S/c1-13-10-18-24-20(19(21)22)25-28(18)12-15(13)14-5-8-26(9-6-14)31(29,30)17-11-23-27-7-3-2-4-16(17)27/h10-12,14,19H,2-9H2,1H3. The highest BCUT2D eigenvalue weighted by Gasteiger charge is 2.34. The maximum Gasteiger partial charge on any atom is 0.299 e. The van der Waals surface area contributed by atoms with Crippen LogP contribution in [-0.4, -0.2) is 50.2 Å². The zero-order valence-electron chi connectivity index (χ0n) is 17.2. The highest BCUT2D eigenvalue weighted by Crippen LogP contribution is 2.34. The van der Waals surface area contributed by atoms with E-state index in [9.17, 15) is 17.2 Å². The second-order valence-electron chi connectivity index (χ2n) is 8.30. The van der Waals surface area contributed by atoms with Crippen molar-refractivity contribution in [3.05, 3.63) is 41.1 Å². The van der Waals surface area contributed by atoms with E-state index < -0.39 is 22.3 Å². The van der Waals surface area contributed by atoms with Crippen LogP contribution in [0.5, 0.6) is 0 Å². The van der Waals surface area contributed by atoms with Crippen molar-refractivity contribution in [1.29, 1.82) is 0 Å². The molecule has 0 aromatic carbocycles. The Bertz CT molecular complexity index is 1230. The number of hydrogen-bond donors (Lipinski definition) is 0. The number of rotatable bonds is 4. The summed E-state index contributed by atoms with van der Waals surface area (Å²) in [4.78, 5) is 4.21. The molecule has 3 aromatic rings. The van der Waals surface area contributed by atoms with Gasteiger partial charge in [0, 0.05) is 25.8 Å². The van der Waals surface area contributed by atoms with Crippen molar-refractivity contribution in [3.63, 3.8) is 0 Å². The summed E-state index contributed by atoms with van der Waals surface area (Å²) in [7, 11) is -3.58. The summed E-state index contributed by atoms with van der Waals surface area (Å²) in [6, 6.07) is 1.76. The smallest absolute Gasteiger partial charge is 0.268 e. The van der Waals surface area contributed by atoms with Crippen molar-refractivity contribution < 1.29 is 17.2 Å². The van der Waals surface area contributed by atoms with Crippen molar-refractivity contribution in [1.82, 2.24) is 28.7 Å². The van der Waals surface area contributed by atoms with E-state index in [2.05, 4.69) is 15.2 Å². The Labute approximate surface area is 178 Å². The lowest BCUT2D eigenvalue weighted by molar-refractivity contribution is 0.140. The minimum absolute atomic E-state index is 0.135. The van der Waals surface area contributed by atoms with E-state index in [4.69, 9.17) is 0 Å². The molecule has 0 radical (unpaired) electrons. The highest BCUT2D eigenvalue weighted by molar-refractivity contribution is 7.89. The Morgan fingerprint density at radius 3 is 2.68 bits per heavy atom. The topological polar surface area (TPSA) is 85.4 Å². The average Bonchev–Trinajstić information content (AvgIpc) is 3.37. The quantitative estimate of drug-likeness (QED) is 0.610. The Hall–Kier alpha value is -2.40. The molecule has 3 aromatic heterocycles. The van der Waals surface area contributed by atoms with Gasteiger partial charge < -0.3 is 0 Å². The Kier molecular flexibility index (Phi) is 5.04. The average molecular weight is 451 g/mol. The van der Waals surface area contributed by atoms with Gasteiger partial charge in [0.2, 0.25) is 15.8 Å². The van der Waals surface area contributed by atoms with Crippen LogP contribution in [0.15, 0.2) is 23.4 Å². The summed E-state index contributed by atoms with van der Waals surface area (Å²) >= 11 is 0. The molecule has 0 saturated carbocycles. The first-order chi connectivity index (χ1) is 14.8. The third kappa shape index (κ3) is 3.53. The second kappa shape index (κ2) is 7.63. The number of fused-ring (bicyclic) bond motifs is 2. The fourth-order valence-corrected chi connectivity index (χ4v) is 6.39. The van der Waals surface area contributed by atoms with Crippen molar-refractivity contribution in [2.75, 3.05) is 13.1 Å². The van der Waals surface area contributed by atoms with Gasteiger partial charge >= 0.3 is 0 Å². The molecular formula is C20H24F2N6O2S. The van der Waals surface area contributed by atoms with Gasteiger partial charge in [0.1, 0.15) is 4.90 Å². The molecular weight excluding hydrogens is 426 g/mol. The third-order valence-electron chi connectivity index (χ3n) is 6.39. The molecule has 11 heteroatoms. The fraction of sp³-hybridized carbons (Fsp3) is 0.550. The Morgan fingerprint density at radius 2 is 1.94 bits per heavy atom. The molecule has 0 bridgehead atoms. The SMILES string of the molecule is Cc1cc2nc(C(F)F)nn2cc1C1CCN(S(=O)(=O)c2cnn3c2CCCC3)CC1. The summed E-state index contributed by atoms with van der Waals surface area (Å²) in [5, 5.41) is 8.15. The molecule has 1 fully saturated rings. The summed E-state index contributed by atoms with van der Waals surface area (Å²) in [5.41, 5.74) is 3.16. The highest BCUT2D eigenvalue weighted by atomic mass is 32.2. The van der Waals surface area contributed by atoms with Gasteiger partial charge in [-0.15, -0.1) is 5.10 Å². The number of aryl methyl sites for hydroxylation is 2. The van der Waals surface area contributed by atoms with E-state index >= 15 is 0 Å². The normalized spacial score (nSPS) is 18.7. The van der Waals surface area contributed by atoms with E-state index in [1.54, 1.807) is 16.6 Å². The number of alkyl halides is 2. The van der Waals surface area contributed by atoms with Gasteiger partial charge in [-0.05, 0) is 62.1 Å². The number of piperidine rings is 1. The van der Waals surface area contributed by atoms with Gasteiger partial charge in [-0.25, -0.2) is 26.7 Å². The Balaban J connectivity index is 1.35. The lowest BCUT2D eigenvalue weighted by Crippen LogP contribution is -2.38. The van der Waals surface area contributed by atoms with Crippen LogP contribution >= 0.6 is 0 Å². The predicted molar refractivity (Wildman–Crippen MR) is 109 cm³/mol. The van der Waals surface area contributed by atoms with Crippen LogP contribution in [0.2, 0.25) is 0 Å². The van der Waals surface area contributed by atoms with Gasteiger partial charge in [-0.2, -0.15) is 9.40 Å². The van der Waals surface area contributed by atoms with Gasteiger partial charge in [0.05, 0.1) is 11.9 Å². The predicted octanol–water partition coefficient (Wildman–Crippen LogP) is 3.08. The first kappa shape index (κ1) is 20.5. The maximum atomic E-state index is 13.3. The zero-order chi connectivity index (χ0) is 21.8.